The summed E-state index contributed by atoms with van der Waals surface area (Å²) in [5.41, 5.74) is 4.00. The zero-order chi connectivity index (χ0) is 22.1. The Morgan fingerprint density at radius 3 is 2.56 bits per heavy atom. The van der Waals surface area contributed by atoms with Crippen molar-refractivity contribution in [2.24, 2.45) is 0 Å². The lowest BCUT2D eigenvalue weighted by Crippen LogP contribution is -2.53. The quantitative estimate of drug-likeness (QED) is 0.555. The molecule has 0 unspecified atom stereocenters. The maximum atomic E-state index is 11.1. The Kier molecular flexibility index (Phi) is 5.48. The van der Waals surface area contributed by atoms with E-state index in [0.29, 0.717) is 29.0 Å². The third kappa shape index (κ3) is 4.29. The highest BCUT2D eigenvalue weighted by atomic mass is 16.5. The second-order valence-electron chi connectivity index (χ2n) is 8.34. The van der Waals surface area contributed by atoms with Crippen molar-refractivity contribution >= 4 is 11.8 Å². The van der Waals surface area contributed by atoms with E-state index in [1.54, 1.807) is 18.6 Å². The van der Waals surface area contributed by atoms with Crippen LogP contribution in [-0.2, 0) is 24.2 Å². The van der Waals surface area contributed by atoms with E-state index in [2.05, 4.69) is 56.5 Å². The number of fused-ring (bicyclic) bond motifs is 1. The molecule has 1 aliphatic heterocycles. The van der Waals surface area contributed by atoms with Gasteiger partial charge in [-0.15, -0.1) is 5.10 Å². The number of carbonyl (C=O) groups is 1. The summed E-state index contributed by atoms with van der Waals surface area (Å²) < 4.78 is 7.42. The number of hydrogen-bond acceptors (Lipinski definition) is 7. The standard InChI is InChI=1S/C23H26N6O3/c1-2-28-11-18(12-28)32-23-19(13-29(27-23)14-22(30)31)20-9-25-21(10-24-20)26-17-7-15-5-3-4-6-16(15)8-17/h3-6,9-10,13,17-18H,2,7-8,11-12,14H2,1H3,(H,25,26)(H,30,31). The highest BCUT2D eigenvalue weighted by Crippen LogP contribution is 2.30. The number of ether oxygens (including phenoxy) is 1. The van der Waals surface area contributed by atoms with Crippen LogP contribution in [0.5, 0.6) is 5.88 Å². The van der Waals surface area contributed by atoms with Crippen LogP contribution in [0.2, 0.25) is 0 Å². The van der Waals surface area contributed by atoms with Gasteiger partial charge in [0.2, 0.25) is 5.88 Å². The van der Waals surface area contributed by atoms with Gasteiger partial charge in [0.1, 0.15) is 18.5 Å². The van der Waals surface area contributed by atoms with Crippen LogP contribution in [0.4, 0.5) is 5.82 Å². The molecular formula is C23H26N6O3. The number of likely N-dealkylation sites (N-methyl/N-ethyl adjacent to an activating group) is 1. The molecule has 5 rings (SSSR count). The van der Waals surface area contributed by atoms with Crippen LogP contribution in [0, 0.1) is 0 Å². The molecule has 9 nitrogen and oxygen atoms in total. The number of benzene rings is 1. The van der Waals surface area contributed by atoms with Gasteiger partial charge in [-0.05, 0) is 30.5 Å². The van der Waals surface area contributed by atoms with Gasteiger partial charge < -0.3 is 15.2 Å². The number of aromatic nitrogens is 4. The van der Waals surface area contributed by atoms with Crippen molar-refractivity contribution < 1.29 is 14.6 Å². The summed E-state index contributed by atoms with van der Waals surface area (Å²) in [6, 6.07) is 8.78. The number of likely N-dealkylation sites (tertiary alicyclic amines) is 1. The smallest absolute Gasteiger partial charge is 0.325 e. The monoisotopic (exact) mass is 434 g/mol. The summed E-state index contributed by atoms with van der Waals surface area (Å²) in [6.45, 7) is 4.52. The molecule has 1 aromatic carbocycles. The van der Waals surface area contributed by atoms with Gasteiger partial charge in [-0.3, -0.25) is 19.4 Å². The van der Waals surface area contributed by atoms with Crippen LogP contribution in [-0.4, -0.2) is 67.5 Å². The molecule has 32 heavy (non-hydrogen) atoms. The Balaban J connectivity index is 1.30. The van der Waals surface area contributed by atoms with Gasteiger partial charge >= 0.3 is 5.97 Å². The van der Waals surface area contributed by atoms with Crippen molar-refractivity contribution in [1.82, 2.24) is 24.6 Å². The number of nitrogens with zero attached hydrogens (tertiary/aromatic N) is 5. The lowest BCUT2D eigenvalue weighted by Gasteiger charge is -2.37. The molecule has 1 fully saturated rings. The average Bonchev–Trinajstić information content (AvgIpc) is 3.33. The molecule has 2 aliphatic rings. The minimum atomic E-state index is -0.963. The Labute approximate surface area is 186 Å². The van der Waals surface area contributed by atoms with E-state index in [1.807, 2.05) is 0 Å². The largest absolute Gasteiger partial charge is 0.480 e. The zero-order valence-electron chi connectivity index (χ0n) is 17.9. The van der Waals surface area contributed by atoms with E-state index < -0.39 is 5.97 Å². The zero-order valence-corrected chi connectivity index (χ0v) is 17.9. The van der Waals surface area contributed by atoms with Crippen molar-refractivity contribution in [3.8, 4) is 17.1 Å². The van der Waals surface area contributed by atoms with Crippen molar-refractivity contribution in [1.29, 1.82) is 0 Å². The summed E-state index contributed by atoms with van der Waals surface area (Å²) in [5, 5.41) is 16.9. The van der Waals surface area contributed by atoms with E-state index in [1.165, 1.54) is 15.8 Å². The van der Waals surface area contributed by atoms with Crippen LogP contribution >= 0.6 is 0 Å². The Morgan fingerprint density at radius 1 is 1.19 bits per heavy atom. The second kappa shape index (κ2) is 8.58. The van der Waals surface area contributed by atoms with Gasteiger partial charge in [0, 0.05) is 25.3 Å². The molecule has 0 atom stereocenters. The predicted octanol–water partition coefficient (Wildman–Crippen LogP) is 2.09. The number of carboxylic acids is 1. The van der Waals surface area contributed by atoms with Crippen molar-refractivity contribution in [2.75, 3.05) is 25.0 Å². The topological polar surface area (TPSA) is 105 Å². The number of hydrogen-bond donors (Lipinski definition) is 2. The van der Waals surface area contributed by atoms with E-state index in [-0.39, 0.29) is 12.6 Å². The van der Waals surface area contributed by atoms with E-state index in [9.17, 15) is 4.79 Å². The van der Waals surface area contributed by atoms with Gasteiger partial charge in [-0.1, -0.05) is 31.2 Å². The molecule has 1 saturated heterocycles. The third-order valence-corrected chi connectivity index (χ3v) is 6.01. The molecular weight excluding hydrogens is 408 g/mol. The number of aliphatic carboxylic acids is 1. The van der Waals surface area contributed by atoms with E-state index in [4.69, 9.17) is 9.84 Å². The normalized spacial score (nSPS) is 16.5. The van der Waals surface area contributed by atoms with Crippen LogP contribution in [0.15, 0.2) is 42.9 Å². The number of nitrogens with one attached hydrogen (secondary N) is 1. The molecule has 0 radical (unpaired) electrons. The highest BCUT2D eigenvalue weighted by Gasteiger charge is 2.29. The highest BCUT2D eigenvalue weighted by molar-refractivity contribution is 5.68. The molecule has 9 heteroatoms. The van der Waals surface area contributed by atoms with Gasteiger partial charge in [0.05, 0.1) is 23.7 Å². The minimum absolute atomic E-state index is 0.0415. The summed E-state index contributed by atoms with van der Waals surface area (Å²) in [4.78, 5) is 22.5. The molecule has 166 valence electrons. The first-order valence-corrected chi connectivity index (χ1v) is 10.9. The van der Waals surface area contributed by atoms with Gasteiger partial charge in [-0.2, -0.15) is 0 Å². The Hall–Kier alpha value is -3.46. The summed E-state index contributed by atoms with van der Waals surface area (Å²) >= 11 is 0. The molecule has 2 aromatic heterocycles. The molecule has 0 saturated carbocycles. The van der Waals surface area contributed by atoms with Crippen LogP contribution in [0.25, 0.3) is 11.3 Å². The Bertz CT molecular complexity index is 1080. The SMILES string of the molecule is CCN1CC(Oc2nn(CC(=O)O)cc2-c2cnc(NC3Cc4ccccc4C3)cn2)C1. The molecule has 2 N–H and O–H groups in total. The number of rotatable bonds is 8. The fourth-order valence-electron chi connectivity index (χ4n) is 4.31. The van der Waals surface area contributed by atoms with Crippen LogP contribution in [0.3, 0.4) is 0 Å². The van der Waals surface area contributed by atoms with Crippen molar-refractivity contribution in [2.45, 2.75) is 38.5 Å². The number of anilines is 1. The average molecular weight is 435 g/mol. The maximum absolute atomic E-state index is 11.1. The van der Waals surface area contributed by atoms with Crippen LogP contribution < -0.4 is 10.1 Å². The van der Waals surface area contributed by atoms with E-state index >= 15 is 0 Å². The molecule has 0 bridgehead atoms. The summed E-state index contributed by atoms with van der Waals surface area (Å²) in [7, 11) is 0. The van der Waals surface area contributed by atoms with Gasteiger partial charge in [-0.25, -0.2) is 4.98 Å². The molecule has 3 aromatic rings. The predicted molar refractivity (Wildman–Crippen MR) is 119 cm³/mol. The first-order chi connectivity index (χ1) is 15.6. The minimum Gasteiger partial charge on any atom is -0.480 e. The molecule has 0 amide bonds. The van der Waals surface area contributed by atoms with Crippen molar-refractivity contribution in [3.63, 3.8) is 0 Å². The molecule has 3 heterocycles. The summed E-state index contributed by atoms with van der Waals surface area (Å²) in [6.07, 6.45) is 7.02. The fourth-order valence-corrected chi connectivity index (χ4v) is 4.31. The number of carboxylic acid groups (broad SMARTS) is 1. The van der Waals surface area contributed by atoms with Crippen LogP contribution in [0.1, 0.15) is 18.1 Å². The van der Waals surface area contributed by atoms with Gasteiger partial charge in [0.15, 0.2) is 0 Å². The molecule has 1 aliphatic carbocycles. The fraction of sp³-hybridized carbons (Fsp3) is 0.391. The molecule has 0 spiro atoms. The third-order valence-electron chi connectivity index (χ3n) is 6.01. The first kappa shape index (κ1) is 20.4. The summed E-state index contributed by atoms with van der Waals surface area (Å²) in [5.74, 6) is 0.146. The van der Waals surface area contributed by atoms with E-state index in [0.717, 1.165) is 32.5 Å². The first-order valence-electron chi connectivity index (χ1n) is 10.9. The lowest BCUT2D eigenvalue weighted by molar-refractivity contribution is -0.137. The van der Waals surface area contributed by atoms with Gasteiger partial charge in [0.25, 0.3) is 0 Å². The lowest BCUT2D eigenvalue weighted by atomic mass is 10.1. The second-order valence-corrected chi connectivity index (χ2v) is 8.34. The van der Waals surface area contributed by atoms with Crippen molar-refractivity contribution in [3.05, 3.63) is 54.0 Å². The maximum Gasteiger partial charge on any atom is 0.325 e. The Morgan fingerprint density at radius 2 is 1.94 bits per heavy atom.